The van der Waals surface area contributed by atoms with Crippen LogP contribution in [-0.4, -0.2) is 25.8 Å². The van der Waals surface area contributed by atoms with E-state index in [-0.39, 0.29) is 12.4 Å². The van der Waals surface area contributed by atoms with Crippen LogP contribution in [0.25, 0.3) is 11.3 Å². The van der Waals surface area contributed by atoms with Crippen molar-refractivity contribution in [3.63, 3.8) is 0 Å². The summed E-state index contributed by atoms with van der Waals surface area (Å²) in [5, 5.41) is 3.81. The van der Waals surface area contributed by atoms with Crippen LogP contribution in [0.5, 0.6) is 11.5 Å². The predicted molar refractivity (Wildman–Crippen MR) is 98.3 cm³/mol. The van der Waals surface area contributed by atoms with Crippen molar-refractivity contribution in [2.45, 2.75) is 0 Å². The lowest BCUT2D eigenvalue weighted by Crippen LogP contribution is -2.24. The highest BCUT2D eigenvalue weighted by molar-refractivity contribution is 5.81. The maximum Gasteiger partial charge on any atom is 0.277 e. The molecule has 0 aliphatic heterocycles. The first-order chi connectivity index (χ1) is 13.1. The lowest BCUT2D eigenvalue weighted by Gasteiger charge is -2.05. The van der Waals surface area contributed by atoms with Crippen molar-refractivity contribution in [3.05, 3.63) is 72.2 Å². The number of nitrogens with one attached hydrogen (secondary N) is 1. The molecule has 1 aromatic heterocycles. The SMILES string of the molecule is COc1ccc(OCC(=O)N/N=C/c2ccc(-c3cccc(F)c3)o2)cc1. The van der Waals surface area contributed by atoms with E-state index in [9.17, 15) is 9.18 Å². The standard InChI is InChI=1S/C20H17FN2O4/c1-25-16-5-7-17(8-6-16)26-13-20(24)23-22-12-18-9-10-19(27-18)14-3-2-4-15(21)11-14/h2-12H,13H2,1H3,(H,23,24)/b22-12+. The minimum Gasteiger partial charge on any atom is -0.497 e. The second kappa shape index (κ2) is 8.66. The fraction of sp³-hybridized carbons (Fsp3) is 0.100. The highest BCUT2D eigenvalue weighted by Gasteiger charge is 2.05. The summed E-state index contributed by atoms with van der Waals surface area (Å²) >= 11 is 0. The van der Waals surface area contributed by atoms with Gasteiger partial charge in [-0.2, -0.15) is 5.10 Å². The van der Waals surface area contributed by atoms with Crippen LogP contribution in [0.15, 0.2) is 70.2 Å². The zero-order valence-corrected chi connectivity index (χ0v) is 14.5. The molecule has 0 spiro atoms. The van der Waals surface area contributed by atoms with Crippen LogP contribution in [0.4, 0.5) is 4.39 Å². The Bertz CT molecular complexity index is 935. The first kappa shape index (κ1) is 18.2. The number of nitrogens with zero attached hydrogens (tertiary/aromatic N) is 1. The molecular formula is C20H17FN2O4. The van der Waals surface area contributed by atoms with Crippen LogP contribution in [0.1, 0.15) is 5.76 Å². The Morgan fingerprint density at radius 1 is 1.15 bits per heavy atom. The summed E-state index contributed by atoms with van der Waals surface area (Å²) in [6.07, 6.45) is 1.36. The summed E-state index contributed by atoms with van der Waals surface area (Å²) < 4.78 is 29.2. The first-order valence-electron chi connectivity index (χ1n) is 8.08. The third kappa shape index (κ3) is 5.18. The molecule has 1 N–H and O–H groups in total. The number of ether oxygens (including phenoxy) is 2. The van der Waals surface area contributed by atoms with E-state index in [0.29, 0.717) is 28.6 Å². The zero-order chi connectivity index (χ0) is 19.1. The number of halogens is 1. The summed E-state index contributed by atoms with van der Waals surface area (Å²) in [6.45, 7) is -0.184. The van der Waals surface area contributed by atoms with E-state index >= 15 is 0 Å². The summed E-state index contributed by atoms with van der Waals surface area (Å²) in [5.41, 5.74) is 2.96. The lowest BCUT2D eigenvalue weighted by atomic mass is 10.2. The minimum absolute atomic E-state index is 0.184. The van der Waals surface area contributed by atoms with Crippen molar-refractivity contribution in [2.24, 2.45) is 5.10 Å². The van der Waals surface area contributed by atoms with Crippen molar-refractivity contribution in [2.75, 3.05) is 13.7 Å². The molecule has 0 saturated carbocycles. The molecule has 138 valence electrons. The Kier molecular flexibility index (Phi) is 5.84. The van der Waals surface area contributed by atoms with Crippen LogP contribution in [0.3, 0.4) is 0 Å². The Morgan fingerprint density at radius 2 is 1.93 bits per heavy atom. The molecule has 0 fully saturated rings. The third-order valence-corrected chi connectivity index (χ3v) is 3.55. The van der Waals surface area contributed by atoms with Gasteiger partial charge in [-0.25, -0.2) is 9.82 Å². The summed E-state index contributed by atoms with van der Waals surface area (Å²) in [5.74, 6) is 1.41. The van der Waals surface area contributed by atoms with E-state index in [1.807, 2.05) is 0 Å². The van der Waals surface area contributed by atoms with Gasteiger partial charge in [0.05, 0.1) is 13.3 Å². The molecule has 27 heavy (non-hydrogen) atoms. The lowest BCUT2D eigenvalue weighted by molar-refractivity contribution is -0.123. The van der Waals surface area contributed by atoms with Gasteiger partial charge >= 0.3 is 0 Å². The largest absolute Gasteiger partial charge is 0.497 e. The number of carbonyl (C=O) groups is 1. The van der Waals surface area contributed by atoms with Crippen molar-refractivity contribution in [1.82, 2.24) is 5.43 Å². The topological polar surface area (TPSA) is 73.1 Å². The fourth-order valence-electron chi connectivity index (χ4n) is 2.24. The fourth-order valence-corrected chi connectivity index (χ4v) is 2.24. The second-order valence-corrected chi connectivity index (χ2v) is 5.47. The molecule has 1 heterocycles. The van der Waals surface area contributed by atoms with E-state index in [0.717, 1.165) is 0 Å². The smallest absolute Gasteiger partial charge is 0.277 e. The average Bonchev–Trinajstić information content (AvgIpc) is 3.16. The molecule has 2 aromatic carbocycles. The Morgan fingerprint density at radius 3 is 2.67 bits per heavy atom. The van der Waals surface area contributed by atoms with Gasteiger partial charge in [-0.1, -0.05) is 12.1 Å². The number of hydrogen-bond acceptors (Lipinski definition) is 5. The molecule has 0 unspecified atom stereocenters. The number of hydrogen-bond donors (Lipinski definition) is 1. The first-order valence-corrected chi connectivity index (χ1v) is 8.08. The van der Waals surface area contributed by atoms with Gasteiger partial charge in [0, 0.05) is 5.56 Å². The van der Waals surface area contributed by atoms with Crippen molar-refractivity contribution < 1.29 is 23.1 Å². The van der Waals surface area contributed by atoms with E-state index in [1.54, 1.807) is 55.6 Å². The van der Waals surface area contributed by atoms with E-state index < -0.39 is 5.91 Å². The molecule has 3 rings (SSSR count). The van der Waals surface area contributed by atoms with Crippen LogP contribution >= 0.6 is 0 Å². The maximum atomic E-state index is 13.3. The molecule has 0 aliphatic carbocycles. The van der Waals surface area contributed by atoms with Gasteiger partial charge in [0.25, 0.3) is 5.91 Å². The second-order valence-electron chi connectivity index (χ2n) is 5.47. The monoisotopic (exact) mass is 368 g/mol. The van der Waals surface area contributed by atoms with Gasteiger partial charge in [0.2, 0.25) is 0 Å². The number of methoxy groups -OCH3 is 1. The van der Waals surface area contributed by atoms with Crippen molar-refractivity contribution in [3.8, 4) is 22.8 Å². The number of furan rings is 1. The van der Waals surface area contributed by atoms with Crippen LogP contribution in [0, 0.1) is 5.82 Å². The molecule has 0 saturated heterocycles. The number of hydrazone groups is 1. The highest BCUT2D eigenvalue weighted by atomic mass is 19.1. The number of benzene rings is 2. The average molecular weight is 368 g/mol. The molecule has 0 atom stereocenters. The Balaban J connectivity index is 1.49. The normalized spacial score (nSPS) is 10.7. The highest BCUT2D eigenvalue weighted by Crippen LogP contribution is 2.22. The van der Waals surface area contributed by atoms with Gasteiger partial charge in [-0.05, 0) is 48.5 Å². The van der Waals surface area contributed by atoms with Crippen LogP contribution < -0.4 is 14.9 Å². The van der Waals surface area contributed by atoms with Gasteiger partial charge in [-0.15, -0.1) is 0 Å². The van der Waals surface area contributed by atoms with Gasteiger partial charge in [-0.3, -0.25) is 4.79 Å². The van der Waals surface area contributed by atoms with Crippen molar-refractivity contribution in [1.29, 1.82) is 0 Å². The van der Waals surface area contributed by atoms with Gasteiger partial charge < -0.3 is 13.9 Å². The minimum atomic E-state index is -0.418. The molecule has 3 aromatic rings. The molecule has 6 nitrogen and oxygen atoms in total. The zero-order valence-electron chi connectivity index (χ0n) is 14.5. The van der Waals surface area contributed by atoms with Crippen molar-refractivity contribution >= 4 is 12.1 Å². The maximum absolute atomic E-state index is 13.3. The van der Waals surface area contributed by atoms with E-state index in [2.05, 4.69) is 10.5 Å². The van der Waals surface area contributed by atoms with E-state index in [4.69, 9.17) is 13.9 Å². The van der Waals surface area contributed by atoms with Crippen LogP contribution in [-0.2, 0) is 4.79 Å². The summed E-state index contributed by atoms with van der Waals surface area (Å²) in [7, 11) is 1.57. The predicted octanol–water partition coefficient (Wildman–Crippen LogP) is 3.62. The molecule has 0 bridgehead atoms. The van der Waals surface area contributed by atoms with Gasteiger partial charge in [0.1, 0.15) is 28.8 Å². The van der Waals surface area contributed by atoms with Crippen LogP contribution in [0.2, 0.25) is 0 Å². The molecule has 1 amide bonds. The van der Waals surface area contributed by atoms with E-state index in [1.165, 1.54) is 18.3 Å². The number of rotatable bonds is 7. The Labute approximate surface area is 155 Å². The molecule has 7 heteroatoms. The van der Waals surface area contributed by atoms with Gasteiger partial charge in [0.15, 0.2) is 6.61 Å². The summed E-state index contributed by atoms with van der Waals surface area (Å²) in [4.78, 5) is 11.7. The summed E-state index contributed by atoms with van der Waals surface area (Å²) in [6, 6.07) is 16.3. The quantitative estimate of drug-likeness (QED) is 0.511. The Hall–Kier alpha value is -3.61. The molecule has 0 radical (unpaired) electrons. The molecular weight excluding hydrogens is 351 g/mol. The molecule has 0 aliphatic rings. The number of amides is 1. The third-order valence-electron chi connectivity index (χ3n) is 3.55. The number of carbonyl (C=O) groups excluding carboxylic acids is 1.